The first-order chi connectivity index (χ1) is 8.40. The van der Waals surface area contributed by atoms with E-state index in [0.29, 0.717) is 5.75 Å². The molecule has 0 bridgehead atoms. The summed E-state index contributed by atoms with van der Waals surface area (Å²) >= 11 is 0. The molecule has 2 amide bonds. The van der Waals surface area contributed by atoms with E-state index in [9.17, 15) is 9.59 Å². The molecule has 3 N–H and O–H groups in total. The molecule has 1 atom stereocenters. The summed E-state index contributed by atoms with van der Waals surface area (Å²) in [6.45, 7) is 5.36. The van der Waals surface area contributed by atoms with Gasteiger partial charge in [-0.25, -0.2) is 0 Å². The minimum Gasteiger partial charge on any atom is -0.484 e. The summed E-state index contributed by atoms with van der Waals surface area (Å²) in [4.78, 5) is 22.2. The number of ether oxygens (including phenoxy) is 1. The van der Waals surface area contributed by atoms with Crippen LogP contribution in [0.25, 0.3) is 0 Å². The number of hydrogen-bond acceptors (Lipinski definition) is 3. The van der Waals surface area contributed by atoms with Crippen LogP contribution in [0.4, 0.5) is 0 Å². The van der Waals surface area contributed by atoms with Gasteiger partial charge in [-0.15, -0.1) is 0 Å². The lowest BCUT2D eigenvalue weighted by molar-refractivity contribution is -0.128. The molecule has 1 rings (SSSR count). The Kier molecular flexibility index (Phi) is 4.71. The smallest absolute Gasteiger partial charge is 0.258 e. The van der Waals surface area contributed by atoms with E-state index in [1.54, 1.807) is 6.07 Å². The Morgan fingerprint density at radius 3 is 2.56 bits per heavy atom. The van der Waals surface area contributed by atoms with Gasteiger partial charge in [0.05, 0.1) is 0 Å². The standard InChI is InChI=1S/C13H18N2O3/c1-8-4-5-11(6-9(8)2)18-7-12(16)15-10(3)13(14)17/h4-6,10H,7H2,1-3H3,(H2,14,17)(H,15,16). The van der Waals surface area contributed by atoms with Crippen LogP contribution in [-0.2, 0) is 9.59 Å². The number of hydrogen-bond donors (Lipinski definition) is 2. The zero-order chi connectivity index (χ0) is 13.7. The molecular weight excluding hydrogens is 232 g/mol. The molecule has 0 aliphatic carbocycles. The Bertz CT molecular complexity index is 458. The van der Waals surface area contributed by atoms with Crippen LogP contribution >= 0.6 is 0 Å². The number of nitrogens with one attached hydrogen (secondary N) is 1. The van der Waals surface area contributed by atoms with E-state index in [-0.39, 0.29) is 12.5 Å². The topological polar surface area (TPSA) is 81.4 Å². The molecule has 0 fully saturated rings. The minimum atomic E-state index is -0.694. The van der Waals surface area contributed by atoms with E-state index < -0.39 is 11.9 Å². The van der Waals surface area contributed by atoms with Gasteiger partial charge in [0.2, 0.25) is 5.91 Å². The van der Waals surface area contributed by atoms with Gasteiger partial charge in [0.15, 0.2) is 6.61 Å². The summed E-state index contributed by atoms with van der Waals surface area (Å²) in [6, 6.07) is 4.89. The van der Waals surface area contributed by atoms with Crippen LogP contribution in [0.5, 0.6) is 5.75 Å². The Labute approximate surface area is 106 Å². The molecule has 0 aliphatic heterocycles. The molecule has 1 aromatic rings. The lowest BCUT2D eigenvalue weighted by atomic mass is 10.1. The third-order valence-corrected chi connectivity index (χ3v) is 2.65. The highest BCUT2D eigenvalue weighted by atomic mass is 16.5. The van der Waals surface area contributed by atoms with Crippen molar-refractivity contribution in [3.63, 3.8) is 0 Å². The molecule has 0 radical (unpaired) electrons. The van der Waals surface area contributed by atoms with Gasteiger partial charge >= 0.3 is 0 Å². The van der Waals surface area contributed by atoms with Gasteiger partial charge in [0, 0.05) is 0 Å². The quantitative estimate of drug-likeness (QED) is 0.806. The third-order valence-electron chi connectivity index (χ3n) is 2.65. The van der Waals surface area contributed by atoms with Crippen molar-refractivity contribution >= 4 is 11.8 Å². The van der Waals surface area contributed by atoms with E-state index in [4.69, 9.17) is 10.5 Å². The number of carbonyl (C=O) groups excluding carboxylic acids is 2. The Hall–Kier alpha value is -2.04. The SMILES string of the molecule is Cc1ccc(OCC(=O)NC(C)C(N)=O)cc1C. The summed E-state index contributed by atoms with van der Waals surface area (Å²) in [7, 11) is 0. The number of carbonyl (C=O) groups is 2. The van der Waals surface area contributed by atoms with E-state index in [1.165, 1.54) is 6.92 Å². The average Bonchev–Trinajstić information content (AvgIpc) is 2.30. The second kappa shape index (κ2) is 6.05. The van der Waals surface area contributed by atoms with Crippen molar-refractivity contribution in [3.8, 4) is 5.75 Å². The molecule has 0 aliphatic rings. The van der Waals surface area contributed by atoms with Crippen molar-refractivity contribution < 1.29 is 14.3 Å². The summed E-state index contributed by atoms with van der Waals surface area (Å²) in [5, 5.41) is 2.44. The van der Waals surface area contributed by atoms with E-state index in [2.05, 4.69) is 5.32 Å². The lowest BCUT2D eigenvalue weighted by Crippen LogP contribution is -2.44. The van der Waals surface area contributed by atoms with Gasteiger partial charge in [-0.2, -0.15) is 0 Å². The third kappa shape index (κ3) is 4.08. The summed E-state index contributed by atoms with van der Waals surface area (Å²) in [5.41, 5.74) is 7.29. The highest BCUT2D eigenvalue weighted by Gasteiger charge is 2.12. The molecule has 98 valence electrons. The zero-order valence-corrected chi connectivity index (χ0v) is 10.8. The molecule has 0 spiro atoms. The Morgan fingerprint density at radius 2 is 2.00 bits per heavy atom. The van der Waals surface area contributed by atoms with Crippen LogP contribution in [-0.4, -0.2) is 24.5 Å². The second-order valence-corrected chi connectivity index (χ2v) is 4.23. The number of nitrogens with two attached hydrogens (primary N) is 1. The molecule has 0 saturated heterocycles. The highest BCUT2D eigenvalue weighted by Crippen LogP contribution is 2.16. The molecule has 18 heavy (non-hydrogen) atoms. The normalized spacial score (nSPS) is 11.7. The molecular formula is C13H18N2O3. The maximum Gasteiger partial charge on any atom is 0.258 e. The van der Waals surface area contributed by atoms with Crippen molar-refractivity contribution in [1.82, 2.24) is 5.32 Å². The number of primary amides is 1. The van der Waals surface area contributed by atoms with Crippen LogP contribution in [0.1, 0.15) is 18.1 Å². The second-order valence-electron chi connectivity index (χ2n) is 4.23. The zero-order valence-electron chi connectivity index (χ0n) is 10.8. The summed E-state index contributed by atoms with van der Waals surface area (Å²) < 4.78 is 5.32. The number of aryl methyl sites for hydroxylation is 2. The molecule has 0 saturated carbocycles. The molecule has 0 heterocycles. The molecule has 5 heteroatoms. The lowest BCUT2D eigenvalue weighted by Gasteiger charge is -2.11. The largest absolute Gasteiger partial charge is 0.484 e. The first kappa shape index (κ1) is 14.0. The Morgan fingerprint density at radius 1 is 1.33 bits per heavy atom. The van der Waals surface area contributed by atoms with Gasteiger partial charge in [0.1, 0.15) is 11.8 Å². The number of rotatable bonds is 5. The van der Waals surface area contributed by atoms with Crippen LogP contribution < -0.4 is 15.8 Å². The summed E-state index contributed by atoms with van der Waals surface area (Å²) in [6.07, 6.45) is 0. The maximum absolute atomic E-state index is 11.4. The first-order valence-electron chi connectivity index (χ1n) is 5.69. The Balaban J connectivity index is 2.47. The predicted molar refractivity (Wildman–Crippen MR) is 68.2 cm³/mol. The fourth-order valence-electron chi connectivity index (χ4n) is 1.31. The fraction of sp³-hybridized carbons (Fsp3) is 0.385. The highest BCUT2D eigenvalue weighted by molar-refractivity contribution is 5.86. The predicted octanol–water partition coefficient (Wildman–Crippen LogP) is 0.672. The monoisotopic (exact) mass is 250 g/mol. The molecule has 0 aromatic heterocycles. The molecule has 1 unspecified atom stereocenters. The van der Waals surface area contributed by atoms with Crippen LogP contribution in [0.3, 0.4) is 0 Å². The van der Waals surface area contributed by atoms with Crippen molar-refractivity contribution in [1.29, 1.82) is 0 Å². The minimum absolute atomic E-state index is 0.139. The van der Waals surface area contributed by atoms with E-state index in [0.717, 1.165) is 11.1 Å². The van der Waals surface area contributed by atoms with Crippen LogP contribution in [0, 0.1) is 13.8 Å². The first-order valence-corrected chi connectivity index (χ1v) is 5.69. The maximum atomic E-state index is 11.4. The van der Waals surface area contributed by atoms with Crippen LogP contribution in [0.2, 0.25) is 0 Å². The number of amides is 2. The summed E-state index contributed by atoms with van der Waals surface area (Å²) in [5.74, 6) is -0.325. The number of benzene rings is 1. The molecule has 1 aromatic carbocycles. The van der Waals surface area contributed by atoms with Gasteiger partial charge in [-0.3, -0.25) is 9.59 Å². The van der Waals surface area contributed by atoms with E-state index >= 15 is 0 Å². The van der Waals surface area contributed by atoms with Crippen molar-refractivity contribution in [2.45, 2.75) is 26.8 Å². The van der Waals surface area contributed by atoms with Gasteiger partial charge in [-0.05, 0) is 44.0 Å². The van der Waals surface area contributed by atoms with Crippen molar-refractivity contribution in [2.24, 2.45) is 5.73 Å². The average molecular weight is 250 g/mol. The molecule has 5 nitrogen and oxygen atoms in total. The van der Waals surface area contributed by atoms with Gasteiger partial charge < -0.3 is 15.8 Å². The van der Waals surface area contributed by atoms with E-state index in [1.807, 2.05) is 26.0 Å². The van der Waals surface area contributed by atoms with Crippen molar-refractivity contribution in [3.05, 3.63) is 29.3 Å². The van der Waals surface area contributed by atoms with Crippen molar-refractivity contribution in [2.75, 3.05) is 6.61 Å². The van der Waals surface area contributed by atoms with Gasteiger partial charge in [0.25, 0.3) is 5.91 Å². The fourth-order valence-corrected chi connectivity index (χ4v) is 1.31. The van der Waals surface area contributed by atoms with Gasteiger partial charge in [-0.1, -0.05) is 6.07 Å². The van der Waals surface area contributed by atoms with Crippen LogP contribution in [0.15, 0.2) is 18.2 Å².